The zero-order chi connectivity index (χ0) is 12.1. The van der Waals surface area contributed by atoms with Gasteiger partial charge in [-0.3, -0.25) is 0 Å². The first-order valence-corrected chi connectivity index (χ1v) is 7.90. The van der Waals surface area contributed by atoms with Crippen molar-refractivity contribution in [1.82, 2.24) is 0 Å². The second-order valence-corrected chi connectivity index (χ2v) is 7.01. The Hall–Kier alpha value is -0.130. The minimum absolute atomic E-state index is 0.116. The van der Waals surface area contributed by atoms with Crippen LogP contribution in [0.3, 0.4) is 0 Å². The summed E-state index contributed by atoms with van der Waals surface area (Å²) in [5.41, 5.74) is 5.50. The first-order valence-electron chi connectivity index (χ1n) is 6.08. The summed E-state index contributed by atoms with van der Waals surface area (Å²) in [4.78, 5) is 0. The molecule has 1 rings (SSSR count). The van der Waals surface area contributed by atoms with Gasteiger partial charge in [0.25, 0.3) is 0 Å². The molecule has 1 aliphatic rings. The van der Waals surface area contributed by atoms with E-state index in [-0.39, 0.29) is 23.7 Å². The third kappa shape index (κ3) is 4.03. The summed E-state index contributed by atoms with van der Waals surface area (Å²) in [7, 11) is -2.92. The molecule has 0 radical (unpaired) electrons. The van der Waals surface area contributed by atoms with E-state index in [1.54, 1.807) is 6.92 Å². The van der Waals surface area contributed by atoms with E-state index in [1.807, 2.05) is 0 Å². The maximum atomic E-state index is 11.3. The average Bonchev–Trinajstić information content (AvgIpc) is 2.30. The lowest BCUT2D eigenvalue weighted by molar-refractivity contribution is -0.0563. The summed E-state index contributed by atoms with van der Waals surface area (Å²) in [5, 5.41) is 0. The van der Waals surface area contributed by atoms with Crippen LogP contribution in [-0.4, -0.2) is 38.7 Å². The van der Waals surface area contributed by atoms with Crippen molar-refractivity contribution < 1.29 is 13.2 Å². The van der Waals surface area contributed by atoms with Gasteiger partial charge in [-0.1, -0.05) is 26.2 Å². The monoisotopic (exact) mass is 249 g/mol. The Morgan fingerprint density at radius 1 is 1.25 bits per heavy atom. The van der Waals surface area contributed by atoms with Crippen LogP contribution in [0.15, 0.2) is 0 Å². The van der Waals surface area contributed by atoms with E-state index in [1.165, 1.54) is 6.42 Å². The number of nitrogens with two attached hydrogens (primary N) is 1. The lowest BCUT2D eigenvalue weighted by Gasteiger charge is -2.36. The second-order valence-electron chi connectivity index (χ2n) is 4.53. The molecule has 1 aliphatic carbocycles. The van der Waals surface area contributed by atoms with E-state index in [0.29, 0.717) is 6.54 Å². The molecule has 1 saturated carbocycles. The molecule has 16 heavy (non-hydrogen) atoms. The molecule has 0 saturated heterocycles. The second kappa shape index (κ2) is 5.98. The van der Waals surface area contributed by atoms with Gasteiger partial charge in [-0.05, 0) is 12.8 Å². The number of hydrogen-bond acceptors (Lipinski definition) is 4. The van der Waals surface area contributed by atoms with Crippen LogP contribution < -0.4 is 5.73 Å². The molecular formula is C11H23NO3S. The van der Waals surface area contributed by atoms with E-state index >= 15 is 0 Å². The number of sulfone groups is 1. The topological polar surface area (TPSA) is 69.4 Å². The van der Waals surface area contributed by atoms with Gasteiger partial charge < -0.3 is 10.5 Å². The standard InChI is InChI=1S/C11H23NO3S/c1-2-16(13,14)9-8-15-11(10-12)6-4-3-5-7-11/h2-10,12H2,1H3. The summed E-state index contributed by atoms with van der Waals surface area (Å²) in [6.07, 6.45) is 5.44. The van der Waals surface area contributed by atoms with Crippen LogP contribution in [0.4, 0.5) is 0 Å². The Bertz CT molecular complexity index is 294. The fourth-order valence-electron chi connectivity index (χ4n) is 2.13. The van der Waals surface area contributed by atoms with Crippen LogP contribution >= 0.6 is 0 Å². The molecule has 4 nitrogen and oxygen atoms in total. The van der Waals surface area contributed by atoms with Gasteiger partial charge in [0.1, 0.15) is 0 Å². The molecule has 0 unspecified atom stereocenters. The number of rotatable bonds is 6. The zero-order valence-electron chi connectivity index (χ0n) is 10.1. The third-order valence-corrected chi connectivity index (χ3v) is 5.05. The zero-order valence-corrected chi connectivity index (χ0v) is 10.9. The Balaban J connectivity index is 2.39. The predicted octanol–water partition coefficient (Wildman–Crippen LogP) is 1.10. The third-order valence-electron chi connectivity index (χ3n) is 3.38. The highest BCUT2D eigenvalue weighted by molar-refractivity contribution is 7.91. The summed E-state index contributed by atoms with van der Waals surface area (Å²) >= 11 is 0. The Labute approximate surface area is 98.5 Å². The van der Waals surface area contributed by atoms with Crippen LogP contribution in [0.25, 0.3) is 0 Å². The smallest absolute Gasteiger partial charge is 0.152 e. The van der Waals surface area contributed by atoms with Gasteiger partial charge in [-0.2, -0.15) is 0 Å². The number of hydrogen-bond donors (Lipinski definition) is 1. The molecule has 0 atom stereocenters. The highest BCUT2D eigenvalue weighted by Crippen LogP contribution is 2.30. The molecule has 0 aromatic rings. The van der Waals surface area contributed by atoms with Gasteiger partial charge in [0.05, 0.1) is 18.0 Å². The Morgan fingerprint density at radius 2 is 1.88 bits per heavy atom. The van der Waals surface area contributed by atoms with Crippen molar-refractivity contribution >= 4 is 9.84 Å². The quantitative estimate of drug-likeness (QED) is 0.765. The molecule has 1 fully saturated rings. The number of ether oxygens (including phenoxy) is 1. The first-order chi connectivity index (χ1) is 7.54. The Morgan fingerprint density at radius 3 is 2.38 bits per heavy atom. The van der Waals surface area contributed by atoms with E-state index < -0.39 is 9.84 Å². The minimum Gasteiger partial charge on any atom is -0.373 e. The van der Waals surface area contributed by atoms with Crippen molar-refractivity contribution in [2.24, 2.45) is 5.73 Å². The molecule has 0 bridgehead atoms. The molecule has 0 aliphatic heterocycles. The molecular weight excluding hydrogens is 226 g/mol. The normalized spacial score (nSPS) is 20.9. The van der Waals surface area contributed by atoms with Gasteiger partial charge in [0, 0.05) is 12.3 Å². The van der Waals surface area contributed by atoms with Gasteiger partial charge in [0.15, 0.2) is 9.84 Å². The molecule has 0 aromatic heterocycles. The van der Waals surface area contributed by atoms with Crippen LogP contribution in [0, 0.1) is 0 Å². The first kappa shape index (κ1) is 13.9. The van der Waals surface area contributed by atoms with Gasteiger partial charge in [-0.15, -0.1) is 0 Å². The molecule has 0 amide bonds. The van der Waals surface area contributed by atoms with Crippen molar-refractivity contribution in [2.75, 3.05) is 24.7 Å². The molecule has 0 spiro atoms. The van der Waals surface area contributed by atoms with Gasteiger partial charge >= 0.3 is 0 Å². The molecule has 0 aromatic carbocycles. The fourth-order valence-corrected chi connectivity index (χ4v) is 2.76. The molecule has 0 heterocycles. The van der Waals surface area contributed by atoms with Crippen molar-refractivity contribution in [2.45, 2.75) is 44.6 Å². The lowest BCUT2D eigenvalue weighted by atomic mass is 9.85. The van der Waals surface area contributed by atoms with E-state index in [0.717, 1.165) is 25.7 Å². The van der Waals surface area contributed by atoms with Gasteiger partial charge in [0.2, 0.25) is 0 Å². The highest BCUT2D eigenvalue weighted by atomic mass is 32.2. The summed E-state index contributed by atoms with van der Waals surface area (Å²) in [5.74, 6) is 0.303. The van der Waals surface area contributed by atoms with Crippen molar-refractivity contribution in [3.63, 3.8) is 0 Å². The lowest BCUT2D eigenvalue weighted by Crippen LogP contribution is -2.43. The highest BCUT2D eigenvalue weighted by Gasteiger charge is 2.31. The largest absolute Gasteiger partial charge is 0.373 e. The average molecular weight is 249 g/mol. The fraction of sp³-hybridized carbons (Fsp3) is 1.00. The van der Waals surface area contributed by atoms with Crippen molar-refractivity contribution in [3.8, 4) is 0 Å². The van der Waals surface area contributed by atoms with Crippen LogP contribution in [-0.2, 0) is 14.6 Å². The van der Waals surface area contributed by atoms with E-state index in [2.05, 4.69) is 0 Å². The van der Waals surface area contributed by atoms with Gasteiger partial charge in [-0.25, -0.2) is 8.42 Å². The molecule has 96 valence electrons. The van der Waals surface area contributed by atoms with E-state index in [9.17, 15) is 8.42 Å². The SMILES string of the molecule is CCS(=O)(=O)CCOC1(CN)CCCCC1. The van der Waals surface area contributed by atoms with E-state index in [4.69, 9.17) is 10.5 Å². The van der Waals surface area contributed by atoms with Crippen molar-refractivity contribution in [3.05, 3.63) is 0 Å². The van der Waals surface area contributed by atoms with Crippen LogP contribution in [0.1, 0.15) is 39.0 Å². The minimum atomic E-state index is -2.92. The predicted molar refractivity (Wildman–Crippen MR) is 65.2 cm³/mol. The molecule has 5 heteroatoms. The molecule has 2 N–H and O–H groups in total. The van der Waals surface area contributed by atoms with Crippen molar-refractivity contribution in [1.29, 1.82) is 0 Å². The maximum Gasteiger partial charge on any atom is 0.152 e. The summed E-state index contributed by atoms with van der Waals surface area (Å²) < 4.78 is 28.4. The summed E-state index contributed by atoms with van der Waals surface area (Å²) in [6.45, 7) is 2.45. The van der Waals surface area contributed by atoms with Crippen LogP contribution in [0.5, 0.6) is 0 Å². The summed E-state index contributed by atoms with van der Waals surface area (Å²) in [6, 6.07) is 0. The maximum absolute atomic E-state index is 11.3. The Kier molecular flexibility index (Phi) is 5.21. The van der Waals surface area contributed by atoms with Crippen LogP contribution in [0.2, 0.25) is 0 Å².